The Morgan fingerprint density at radius 3 is 2.48 bits per heavy atom. The van der Waals surface area contributed by atoms with Gasteiger partial charge >= 0.3 is 5.97 Å². The Balaban J connectivity index is 1.30. The Morgan fingerprint density at radius 1 is 1.02 bits per heavy atom. The number of ether oxygens (including phenoxy) is 3. The summed E-state index contributed by atoms with van der Waals surface area (Å²) in [6.45, 7) is 4.53. The molecule has 2 aromatic carbocycles. The van der Waals surface area contributed by atoms with E-state index in [1.807, 2.05) is 37.2 Å². The summed E-state index contributed by atoms with van der Waals surface area (Å²) in [7, 11) is 3.91. The van der Waals surface area contributed by atoms with Crippen LogP contribution in [0.3, 0.4) is 0 Å². The number of carbonyl (C=O) groups excluding carboxylic acids is 2. The number of nitrogens with zero attached hydrogens (tertiary/aromatic N) is 2. The highest BCUT2D eigenvalue weighted by Gasteiger charge is 2.45. The SMILES string of the molecule is CN(C)CCOC(=O)CCCC=CC[C@H]1[C@@H](OCc2ccc(-c3ccccc3)cc2)CC(=O)[C@@H]1N1CCOCC1. The lowest BCUT2D eigenvalue weighted by Gasteiger charge is -2.35. The molecule has 2 aliphatic rings. The lowest BCUT2D eigenvalue weighted by molar-refractivity contribution is -0.144. The zero-order valence-electron chi connectivity index (χ0n) is 24.0. The minimum absolute atomic E-state index is 0.0986. The monoisotopic (exact) mass is 548 g/mol. The molecule has 40 heavy (non-hydrogen) atoms. The van der Waals surface area contributed by atoms with Gasteiger partial charge in [0.25, 0.3) is 0 Å². The highest BCUT2D eigenvalue weighted by atomic mass is 16.5. The van der Waals surface area contributed by atoms with Gasteiger partial charge in [-0.3, -0.25) is 14.5 Å². The van der Waals surface area contributed by atoms with E-state index in [1.165, 1.54) is 11.1 Å². The number of unbranched alkanes of at least 4 members (excludes halogenated alkanes) is 1. The molecule has 0 amide bonds. The maximum absolute atomic E-state index is 13.2. The largest absolute Gasteiger partial charge is 0.464 e. The maximum Gasteiger partial charge on any atom is 0.305 e. The third-order valence-corrected chi connectivity index (χ3v) is 7.71. The smallest absolute Gasteiger partial charge is 0.305 e. The fourth-order valence-electron chi connectivity index (χ4n) is 5.48. The van der Waals surface area contributed by atoms with Crippen molar-refractivity contribution >= 4 is 11.8 Å². The van der Waals surface area contributed by atoms with Crippen molar-refractivity contribution in [2.24, 2.45) is 5.92 Å². The lowest BCUT2D eigenvalue weighted by Crippen LogP contribution is -2.49. The Hall–Kier alpha value is -2.84. The minimum atomic E-state index is -0.144. The van der Waals surface area contributed by atoms with Crippen LogP contribution in [0.5, 0.6) is 0 Å². The summed E-state index contributed by atoms with van der Waals surface area (Å²) in [6, 6.07) is 18.7. The molecule has 4 rings (SSSR count). The number of rotatable bonds is 14. The van der Waals surface area contributed by atoms with E-state index in [4.69, 9.17) is 14.2 Å². The number of likely N-dealkylation sites (N-methyl/N-ethyl adjacent to an activating group) is 1. The Bertz CT molecular complexity index is 1080. The van der Waals surface area contributed by atoms with Crippen molar-refractivity contribution in [3.63, 3.8) is 0 Å². The number of Topliss-reactive ketones (excluding diaryl/α,β-unsaturated/α-hetero) is 1. The molecule has 1 heterocycles. The van der Waals surface area contributed by atoms with E-state index in [2.05, 4.69) is 53.5 Å². The van der Waals surface area contributed by atoms with Gasteiger partial charge in [0.15, 0.2) is 5.78 Å². The van der Waals surface area contributed by atoms with Gasteiger partial charge in [0, 0.05) is 38.4 Å². The molecule has 1 saturated heterocycles. The van der Waals surface area contributed by atoms with Crippen molar-refractivity contribution in [2.45, 2.75) is 50.9 Å². The van der Waals surface area contributed by atoms with Gasteiger partial charge in [-0.1, -0.05) is 66.7 Å². The van der Waals surface area contributed by atoms with Crippen LogP contribution in [0.2, 0.25) is 0 Å². The first kappa shape index (κ1) is 30.1. The quantitative estimate of drug-likeness (QED) is 0.192. The van der Waals surface area contributed by atoms with Crippen molar-refractivity contribution < 1.29 is 23.8 Å². The van der Waals surface area contributed by atoms with Gasteiger partial charge in [-0.05, 0) is 50.0 Å². The first-order valence-electron chi connectivity index (χ1n) is 14.6. The van der Waals surface area contributed by atoms with Gasteiger partial charge in [0.1, 0.15) is 6.61 Å². The molecule has 7 heteroatoms. The van der Waals surface area contributed by atoms with Crippen molar-refractivity contribution in [2.75, 3.05) is 53.6 Å². The molecule has 0 unspecified atom stereocenters. The van der Waals surface area contributed by atoms with Crippen LogP contribution in [0.4, 0.5) is 0 Å². The molecular formula is C33H44N2O5. The van der Waals surface area contributed by atoms with Crippen LogP contribution in [0.1, 0.15) is 37.7 Å². The standard InChI is InChI=1S/C33H44N2O5/c1-34(2)18-23-39-32(37)13-9-4-3-8-12-29-31(24-30(36)33(29)35-19-21-38-22-20-35)40-25-26-14-16-28(17-15-26)27-10-6-5-7-11-27/h3,5-8,10-11,14-17,29,31,33H,4,9,12-13,18-25H2,1-2H3/t29-,31-,33+/m0/s1. The average Bonchev–Trinajstić information content (AvgIpc) is 3.29. The average molecular weight is 549 g/mol. The number of ketones is 1. The highest BCUT2D eigenvalue weighted by Crippen LogP contribution is 2.34. The summed E-state index contributed by atoms with van der Waals surface area (Å²) in [4.78, 5) is 29.4. The second kappa shape index (κ2) is 15.8. The highest BCUT2D eigenvalue weighted by molar-refractivity contribution is 5.87. The molecule has 0 aromatic heterocycles. The molecule has 2 aromatic rings. The number of hydrogen-bond acceptors (Lipinski definition) is 7. The molecule has 0 spiro atoms. The Morgan fingerprint density at radius 2 is 1.75 bits per heavy atom. The van der Waals surface area contributed by atoms with Crippen LogP contribution in [-0.2, 0) is 30.4 Å². The summed E-state index contributed by atoms with van der Waals surface area (Å²) >= 11 is 0. The third-order valence-electron chi connectivity index (χ3n) is 7.71. The van der Waals surface area contributed by atoms with E-state index in [0.29, 0.717) is 39.3 Å². The van der Waals surface area contributed by atoms with Crippen molar-refractivity contribution in [3.8, 4) is 11.1 Å². The number of esters is 1. The zero-order chi connectivity index (χ0) is 28.2. The van der Waals surface area contributed by atoms with Gasteiger partial charge in [0.2, 0.25) is 0 Å². The number of benzene rings is 2. The van der Waals surface area contributed by atoms with Crippen LogP contribution in [0.15, 0.2) is 66.7 Å². The van der Waals surface area contributed by atoms with E-state index in [0.717, 1.165) is 44.5 Å². The first-order valence-corrected chi connectivity index (χ1v) is 14.6. The predicted octanol–water partition coefficient (Wildman–Crippen LogP) is 4.75. The normalized spacial score (nSPS) is 21.9. The van der Waals surface area contributed by atoms with Gasteiger partial charge in [-0.25, -0.2) is 0 Å². The molecule has 1 aliphatic heterocycles. The van der Waals surface area contributed by atoms with E-state index >= 15 is 0 Å². The minimum Gasteiger partial charge on any atom is -0.464 e. The number of morpholine rings is 1. The lowest BCUT2D eigenvalue weighted by atomic mass is 9.95. The summed E-state index contributed by atoms with van der Waals surface area (Å²) in [5, 5.41) is 0. The molecule has 0 radical (unpaired) electrons. The second-order valence-electron chi connectivity index (χ2n) is 11.0. The van der Waals surface area contributed by atoms with Crippen molar-refractivity contribution in [1.82, 2.24) is 9.80 Å². The molecule has 0 N–H and O–H groups in total. The van der Waals surface area contributed by atoms with E-state index in [1.54, 1.807) is 0 Å². The summed E-state index contributed by atoms with van der Waals surface area (Å²) in [5.41, 5.74) is 3.48. The van der Waals surface area contributed by atoms with Crippen LogP contribution in [-0.4, -0.2) is 87.2 Å². The number of hydrogen-bond donors (Lipinski definition) is 0. The van der Waals surface area contributed by atoms with Crippen LogP contribution >= 0.6 is 0 Å². The molecule has 3 atom stereocenters. The van der Waals surface area contributed by atoms with E-state index < -0.39 is 0 Å². The molecule has 2 fully saturated rings. The molecular weight excluding hydrogens is 504 g/mol. The zero-order valence-corrected chi connectivity index (χ0v) is 24.0. The third kappa shape index (κ3) is 9.10. The van der Waals surface area contributed by atoms with Crippen LogP contribution < -0.4 is 0 Å². The molecule has 7 nitrogen and oxygen atoms in total. The summed E-state index contributed by atoms with van der Waals surface area (Å²) < 4.78 is 17.2. The molecule has 0 bridgehead atoms. The van der Waals surface area contributed by atoms with Crippen LogP contribution in [0.25, 0.3) is 11.1 Å². The fraction of sp³-hybridized carbons (Fsp3) is 0.515. The Kier molecular flexibility index (Phi) is 11.9. The first-order chi connectivity index (χ1) is 19.5. The molecule has 1 aliphatic carbocycles. The van der Waals surface area contributed by atoms with E-state index in [-0.39, 0.29) is 29.8 Å². The van der Waals surface area contributed by atoms with Crippen molar-refractivity contribution in [1.29, 1.82) is 0 Å². The Labute approximate surface area is 239 Å². The van der Waals surface area contributed by atoms with Gasteiger partial charge in [-0.2, -0.15) is 0 Å². The number of carbonyl (C=O) groups is 2. The van der Waals surface area contributed by atoms with Crippen molar-refractivity contribution in [3.05, 3.63) is 72.3 Å². The summed E-state index contributed by atoms with van der Waals surface area (Å²) in [5.74, 6) is 0.223. The molecule has 216 valence electrons. The molecule has 1 saturated carbocycles. The number of allylic oxidation sites excluding steroid dienone is 2. The van der Waals surface area contributed by atoms with E-state index in [9.17, 15) is 9.59 Å². The second-order valence-corrected chi connectivity index (χ2v) is 11.0. The van der Waals surface area contributed by atoms with Gasteiger partial charge in [-0.15, -0.1) is 0 Å². The fourth-order valence-corrected chi connectivity index (χ4v) is 5.48. The summed E-state index contributed by atoms with van der Waals surface area (Å²) in [6.07, 6.45) is 7.39. The maximum atomic E-state index is 13.2. The van der Waals surface area contributed by atoms with Crippen LogP contribution in [0, 0.1) is 5.92 Å². The van der Waals surface area contributed by atoms with Gasteiger partial charge < -0.3 is 19.1 Å². The topological polar surface area (TPSA) is 68.3 Å². The predicted molar refractivity (Wildman–Crippen MR) is 157 cm³/mol. The van der Waals surface area contributed by atoms with Gasteiger partial charge in [0.05, 0.1) is 32.0 Å².